The van der Waals surface area contributed by atoms with Gasteiger partial charge in [0.15, 0.2) is 0 Å². The van der Waals surface area contributed by atoms with Gasteiger partial charge in [-0.25, -0.2) is 0 Å². The number of ether oxygens (including phenoxy) is 1. The van der Waals surface area contributed by atoms with E-state index in [0.29, 0.717) is 11.3 Å². The van der Waals surface area contributed by atoms with Gasteiger partial charge >= 0.3 is 0 Å². The van der Waals surface area contributed by atoms with Crippen LogP contribution in [0.15, 0.2) is 48.5 Å². The molecule has 2 rings (SSSR count). The second-order valence-electron chi connectivity index (χ2n) is 3.52. The molecule has 0 aliphatic heterocycles. The summed E-state index contributed by atoms with van der Waals surface area (Å²) in [6, 6.07) is 17.3. The summed E-state index contributed by atoms with van der Waals surface area (Å²) < 4.78 is 5.15. The molecule has 84 valence electrons. The highest BCUT2D eigenvalue weighted by Crippen LogP contribution is 2.24. The Kier molecular flexibility index (Phi) is 3.27. The molecule has 3 nitrogen and oxygen atoms in total. The maximum atomic E-state index is 8.88. The molecule has 2 aromatic rings. The number of hydrogen-bond donors (Lipinski definition) is 1. The van der Waals surface area contributed by atoms with Gasteiger partial charge in [-0.05, 0) is 24.3 Å². The minimum atomic E-state index is 0.533. The zero-order valence-electron chi connectivity index (χ0n) is 9.47. The van der Waals surface area contributed by atoms with Crippen LogP contribution in [0.3, 0.4) is 0 Å². The van der Waals surface area contributed by atoms with E-state index in [9.17, 15) is 0 Å². The van der Waals surface area contributed by atoms with Crippen LogP contribution in [-0.2, 0) is 0 Å². The van der Waals surface area contributed by atoms with E-state index in [1.807, 2.05) is 42.5 Å². The minimum absolute atomic E-state index is 0.533. The Morgan fingerprint density at radius 3 is 2.47 bits per heavy atom. The molecule has 0 aliphatic carbocycles. The molecule has 2 aromatic carbocycles. The molecule has 0 saturated heterocycles. The number of methoxy groups -OCH3 is 1. The van der Waals surface area contributed by atoms with Crippen molar-refractivity contribution < 1.29 is 4.74 Å². The van der Waals surface area contributed by atoms with E-state index in [0.717, 1.165) is 11.4 Å². The van der Waals surface area contributed by atoms with Crippen LogP contribution >= 0.6 is 0 Å². The summed E-state index contributed by atoms with van der Waals surface area (Å²) in [5.74, 6) is 0.577. The van der Waals surface area contributed by atoms with Crippen LogP contribution in [0.2, 0.25) is 0 Å². The SMILES string of the molecule is COc1cc(Nc2ccccc2)ccc1C#N. The summed E-state index contributed by atoms with van der Waals surface area (Å²) in [5.41, 5.74) is 2.43. The summed E-state index contributed by atoms with van der Waals surface area (Å²) in [6.45, 7) is 0. The first-order valence-corrected chi connectivity index (χ1v) is 5.23. The Balaban J connectivity index is 2.26. The van der Waals surface area contributed by atoms with E-state index in [4.69, 9.17) is 10.00 Å². The van der Waals surface area contributed by atoms with Gasteiger partial charge < -0.3 is 10.1 Å². The maximum absolute atomic E-state index is 8.88. The van der Waals surface area contributed by atoms with Gasteiger partial charge in [0, 0.05) is 17.4 Å². The largest absolute Gasteiger partial charge is 0.495 e. The summed E-state index contributed by atoms with van der Waals surface area (Å²) in [7, 11) is 1.56. The molecule has 0 unspecified atom stereocenters. The predicted molar refractivity (Wildman–Crippen MR) is 67.4 cm³/mol. The highest BCUT2D eigenvalue weighted by molar-refractivity contribution is 5.63. The lowest BCUT2D eigenvalue weighted by Gasteiger charge is -2.08. The Labute approximate surface area is 100 Å². The number of benzene rings is 2. The van der Waals surface area contributed by atoms with Crippen LogP contribution < -0.4 is 10.1 Å². The second kappa shape index (κ2) is 5.04. The molecule has 0 aromatic heterocycles. The van der Waals surface area contributed by atoms with Gasteiger partial charge in [0.25, 0.3) is 0 Å². The molecule has 0 saturated carbocycles. The van der Waals surface area contributed by atoms with Gasteiger partial charge in [0.05, 0.1) is 12.7 Å². The lowest BCUT2D eigenvalue weighted by molar-refractivity contribution is 0.413. The number of rotatable bonds is 3. The number of nitrogens with one attached hydrogen (secondary N) is 1. The summed E-state index contributed by atoms with van der Waals surface area (Å²) in [6.07, 6.45) is 0. The second-order valence-corrected chi connectivity index (χ2v) is 3.52. The lowest BCUT2D eigenvalue weighted by atomic mass is 10.2. The maximum Gasteiger partial charge on any atom is 0.138 e. The Morgan fingerprint density at radius 2 is 1.82 bits per heavy atom. The van der Waals surface area contributed by atoms with Crippen LogP contribution in [0.1, 0.15) is 5.56 Å². The van der Waals surface area contributed by atoms with Crippen LogP contribution in [0.25, 0.3) is 0 Å². The smallest absolute Gasteiger partial charge is 0.138 e. The molecule has 1 N–H and O–H groups in total. The van der Waals surface area contributed by atoms with Gasteiger partial charge in [0.2, 0.25) is 0 Å². The zero-order chi connectivity index (χ0) is 12.1. The molecule has 0 atom stereocenters. The van der Waals surface area contributed by atoms with Gasteiger partial charge in [0.1, 0.15) is 11.8 Å². The molecule has 0 aliphatic rings. The Hall–Kier alpha value is -2.47. The molecular weight excluding hydrogens is 212 g/mol. The standard InChI is InChI=1S/C14H12N2O/c1-17-14-9-13(8-7-11(14)10-15)16-12-5-3-2-4-6-12/h2-9,16H,1H3. The molecule has 17 heavy (non-hydrogen) atoms. The van der Waals surface area contributed by atoms with E-state index in [2.05, 4.69) is 11.4 Å². The third-order valence-corrected chi connectivity index (χ3v) is 2.38. The molecule has 0 radical (unpaired) electrons. The molecular formula is C14H12N2O. The third-order valence-electron chi connectivity index (χ3n) is 2.38. The van der Waals surface area contributed by atoms with E-state index >= 15 is 0 Å². The topological polar surface area (TPSA) is 45.0 Å². The van der Waals surface area contributed by atoms with Crippen molar-refractivity contribution in [3.05, 3.63) is 54.1 Å². The number of anilines is 2. The van der Waals surface area contributed by atoms with E-state index in [1.54, 1.807) is 13.2 Å². The highest BCUT2D eigenvalue weighted by atomic mass is 16.5. The van der Waals surface area contributed by atoms with Crippen molar-refractivity contribution in [2.75, 3.05) is 12.4 Å². The number of nitrogens with zero attached hydrogens (tertiary/aromatic N) is 1. The molecule has 0 bridgehead atoms. The van der Waals surface area contributed by atoms with E-state index in [-0.39, 0.29) is 0 Å². The van der Waals surface area contributed by atoms with Gasteiger partial charge in [-0.3, -0.25) is 0 Å². The molecule has 0 fully saturated rings. The first-order valence-electron chi connectivity index (χ1n) is 5.23. The quantitative estimate of drug-likeness (QED) is 0.869. The average Bonchev–Trinajstić information content (AvgIpc) is 2.40. The van der Waals surface area contributed by atoms with Crippen molar-refractivity contribution in [3.8, 4) is 11.8 Å². The molecule has 0 spiro atoms. The Bertz CT molecular complexity index is 544. The number of para-hydroxylation sites is 1. The van der Waals surface area contributed by atoms with Gasteiger partial charge in [-0.2, -0.15) is 5.26 Å². The summed E-state index contributed by atoms with van der Waals surface area (Å²) in [4.78, 5) is 0. The number of nitriles is 1. The highest BCUT2D eigenvalue weighted by Gasteiger charge is 2.03. The van der Waals surface area contributed by atoms with Crippen LogP contribution in [-0.4, -0.2) is 7.11 Å². The van der Waals surface area contributed by atoms with Crippen molar-refractivity contribution in [2.45, 2.75) is 0 Å². The van der Waals surface area contributed by atoms with Crippen molar-refractivity contribution in [2.24, 2.45) is 0 Å². The van der Waals surface area contributed by atoms with Gasteiger partial charge in [-0.15, -0.1) is 0 Å². The predicted octanol–water partition coefficient (Wildman–Crippen LogP) is 3.31. The zero-order valence-corrected chi connectivity index (χ0v) is 9.47. The minimum Gasteiger partial charge on any atom is -0.495 e. The molecule has 0 heterocycles. The van der Waals surface area contributed by atoms with Gasteiger partial charge in [-0.1, -0.05) is 18.2 Å². The monoisotopic (exact) mass is 224 g/mol. The first-order chi connectivity index (χ1) is 8.33. The van der Waals surface area contributed by atoms with Crippen molar-refractivity contribution >= 4 is 11.4 Å². The van der Waals surface area contributed by atoms with Crippen molar-refractivity contribution in [1.82, 2.24) is 0 Å². The fraction of sp³-hybridized carbons (Fsp3) is 0.0714. The lowest BCUT2D eigenvalue weighted by Crippen LogP contribution is -1.93. The third kappa shape index (κ3) is 2.56. The van der Waals surface area contributed by atoms with Crippen LogP contribution in [0, 0.1) is 11.3 Å². The number of hydrogen-bond acceptors (Lipinski definition) is 3. The molecule has 3 heteroatoms. The van der Waals surface area contributed by atoms with E-state index in [1.165, 1.54) is 0 Å². The average molecular weight is 224 g/mol. The Morgan fingerprint density at radius 1 is 1.06 bits per heavy atom. The fourth-order valence-electron chi connectivity index (χ4n) is 1.55. The summed E-state index contributed by atoms with van der Waals surface area (Å²) >= 11 is 0. The normalized spacial score (nSPS) is 9.41. The first kappa shape index (κ1) is 11.0. The van der Waals surface area contributed by atoms with Crippen LogP contribution in [0.4, 0.5) is 11.4 Å². The fourth-order valence-corrected chi connectivity index (χ4v) is 1.55. The van der Waals surface area contributed by atoms with E-state index < -0.39 is 0 Å². The van der Waals surface area contributed by atoms with Crippen LogP contribution in [0.5, 0.6) is 5.75 Å². The van der Waals surface area contributed by atoms with Crippen molar-refractivity contribution in [3.63, 3.8) is 0 Å². The van der Waals surface area contributed by atoms with Crippen molar-refractivity contribution in [1.29, 1.82) is 5.26 Å². The molecule has 0 amide bonds. The summed E-state index contributed by atoms with van der Waals surface area (Å²) in [5, 5.41) is 12.1.